The summed E-state index contributed by atoms with van der Waals surface area (Å²) >= 11 is 0. The number of aryl methyl sites for hydroxylation is 3. The molecule has 2 heterocycles. The molecule has 5 heteroatoms. The van der Waals surface area contributed by atoms with Gasteiger partial charge < -0.3 is 4.90 Å². The van der Waals surface area contributed by atoms with Gasteiger partial charge in [0.25, 0.3) is 0 Å². The van der Waals surface area contributed by atoms with Gasteiger partial charge >= 0.3 is 0 Å². The van der Waals surface area contributed by atoms with Crippen molar-refractivity contribution in [1.29, 1.82) is 0 Å². The maximum Gasteiger partial charge on any atom is 0.147 e. The molecule has 1 aliphatic rings. The van der Waals surface area contributed by atoms with Gasteiger partial charge in [-0.25, -0.2) is 4.98 Å². The minimum absolute atomic E-state index is 0.750. The zero-order valence-electron chi connectivity index (χ0n) is 16.8. The van der Waals surface area contributed by atoms with E-state index in [2.05, 4.69) is 58.1 Å². The fourth-order valence-corrected chi connectivity index (χ4v) is 4.11. The topological polar surface area (TPSA) is 37.2 Å². The predicted molar refractivity (Wildman–Crippen MR) is 106 cm³/mol. The fourth-order valence-electron chi connectivity index (χ4n) is 4.11. The lowest BCUT2D eigenvalue weighted by atomic mass is 9.96. The molecule has 1 unspecified atom stereocenters. The van der Waals surface area contributed by atoms with Crippen molar-refractivity contribution < 1.29 is 0 Å². The Labute approximate surface area is 158 Å². The van der Waals surface area contributed by atoms with Crippen LogP contribution in [-0.4, -0.2) is 57.8 Å². The van der Waals surface area contributed by atoms with Gasteiger partial charge in [0.05, 0.1) is 6.54 Å². The first-order chi connectivity index (χ1) is 12.5. The van der Waals surface area contributed by atoms with Gasteiger partial charge in [0, 0.05) is 26.7 Å². The first-order valence-electron chi connectivity index (χ1n) is 9.83. The van der Waals surface area contributed by atoms with Crippen molar-refractivity contribution in [3.8, 4) is 0 Å². The van der Waals surface area contributed by atoms with Crippen molar-refractivity contribution in [2.45, 2.75) is 39.7 Å². The zero-order valence-corrected chi connectivity index (χ0v) is 16.8. The van der Waals surface area contributed by atoms with Crippen LogP contribution in [0, 0.1) is 19.8 Å². The van der Waals surface area contributed by atoms with Crippen LogP contribution < -0.4 is 0 Å². The van der Waals surface area contributed by atoms with Crippen LogP contribution >= 0.6 is 0 Å². The highest BCUT2D eigenvalue weighted by molar-refractivity contribution is 5.25. The molecule has 1 atom stereocenters. The van der Waals surface area contributed by atoms with Crippen molar-refractivity contribution >= 4 is 0 Å². The number of likely N-dealkylation sites (tertiary alicyclic amines) is 1. The number of piperidine rings is 1. The molecule has 0 radical (unpaired) electrons. The Morgan fingerprint density at radius 2 is 2.04 bits per heavy atom. The van der Waals surface area contributed by atoms with Gasteiger partial charge in [-0.15, -0.1) is 0 Å². The molecule has 2 aromatic rings. The molecule has 1 saturated heterocycles. The molecule has 0 spiro atoms. The molecule has 3 rings (SSSR count). The second-order valence-electron chi connectivity index (χ2n) is 7.88. The van der Waals surface area contributed by atoms with Crippen LogP contribution in [0.15, 0.2) is 24.3 Å². The van der Waals surface area contributed by atoms with Gasteiger partial charge in [0.1, 0.15) is 11.6 Å². The van der Waals surface area contributed by atoms with Gasteiger partial charge in [0.2, 0.25) is 0 Å². The van der Waals surface area contributed by atoms with Gasteiger partial charge in [-0.2, -0.15) is 5.10 Å². The number of hydrogen-bond donors (Lipinski definition) is 0. The summed E-state index contributed by atoms with van der Waals surface area (Å²) in [5, 5.41) is 4.35. The van der Waals surface area contributed by atoms with E-state index < -0.39 is 0 Å². The number of hydrogen-bond acceptors (Lipinski definition) is 4. The highest BCUT2D eigenvalue weighted by Gasteiger charge is 2.21. The van der Waals surface area contributed by atoms with Crippen LogP contribution in [0.2, 0.25) is 0 Å². The molecule has 1 aromatic heterocycles. The number of rotatable bonds is 7. The van der Waals surface area contributed by atoms with Crippen molar-refractivity contribution in [3.63, 3.8) is 0 Å². The molecule has 0 aliphatic carbocycles. The molecule has 0 saturated carbocycles. The second kappa shape index (κ2) is 8.78. The second-order valence-corrected chi connectivity index (χ2v) is 7.88. The van der Waals surface area contributed by atoms with E-state index >= 15 is 0 Å². The van der Waals surface area contributed by atoms with E-state index in [1.54, 1.807) is 0 Å². The molecular formula is C21H33N5. The number of benzene rings is 1. The molecule has 0 amide bonds. The average Bonchev–Trinajstić information content (AvgIpc) is 2.91. The van der Waals surface area contributed by atoms with Crippen LogP contribution in [0.25, 0.3) is 0 Å². The summed E-state index contributed by atoms with van der Waals surface area (Å²) in [7, 11) is 4.19. The Hall–Kier alpha value is -1.72. The van der Waals surface area contributed by atoms with Gasteiger partial charge in [-0.3, -0.25) is 9.58 Å². The molecule has 1 aliphatic heterocycles. The first-order valence-corrected chi connectivity index (χ1v) is 9.83. The van der Waals surface area contributed by atoms with Crippen LogP contribution in [-0.2, 0) is 20.0 Å². The summed E-state index contributed by atoms with van der Waals surface area (Å²) in [6.07, 6.45) is 3.81. The van der Waals surface area contributed by atoms with Crippen LogP contribution in [0.3, 0.4) is 0 Å². The quantitative estimate of drug-likeness (QED) is 0.765. The first kappa shape index (κ1) is 19.1. The maximum atomic E-state index is 4.53. The van der Waals surface area contributed by atoms with E-state index in [0.717, 1.165) is 37.1 Å². The van der Waals surface area contributed by atoms with Crippen LogP contribution in [0.5, 0.6) is 0 Å². The van der Waals surface area contributed by atoms with Crippen LogP contribution in [0.4, 0.5) is 0 Å². The largest absolute Gasteiger partial charge is 0.303 e. The van der Waals surface area contributed by atoms with Crippen molar-refractivity contribution in [3.05, 3.63) is 47.0 Å². The van der Waals surface area contributed by atoms with Gasteiger partial charge in [-0.1, -0.05) is 24.3 Å². The summed E-state index contributed by atoms with van der Waals surface area (Å²) in [5.74, 6) is 2.66. The summed E-state index contributed by atoms with van der Waals surface area (Å²) in [6.45, 7) is 9.81. The Morgan fingerprint density at radius 1 is 1.23 bits per heavy atom. The highest BCUT2D eigenvalue weighted by Crippen LogP contribution is 2.19. The summed E-state index contributed by atoms with van der Waals surface area (Å²) < 4.78 is 1.90. The zero-order chi connectivity index (χ0) is 18.5. The Morgan fingerprint density at radius 3 is 2.77 bits per heavy atom. The van der Waals surface area contributed by atoms with E-state index in [9.17, 15) is 0 Å². The Bertz CT molecular complexity index is 708. The lowest BCUT2D eigenvalue weighted by Gasteiger charge is -2.34. The maximum absolute atomic E-state index is 4.53. The monoisotopic (exact) mass is 355 g/mol. The minimum Gasteiger partial charge on any atom is -0.303 e. The van der Waals surface area contributed by atoms with E-state index in [1.807, 2.05) is 18.7 Å². The predicted octanol–water partition coefficient (Wildman–Crippen LogP) is 2.82. The third kappa shape index (κ3) is 5.15. The molecular weight excluding hydrogens is 322 g/mol. The molecule has 5 nitrogen and oxygen atoms in total. The molecule has 26 heavy (non-hydrogen) atoms. The molecule has 1 aromatic carbocycles. The minimum atomic E-state index is 0.750. The third-order valence-corrected chi connectivity index (χ3v) is 5.50. The summed E-state index contributed by atoms with van der Waals surface area (Å²) in [6, 6.07) is 8.78. The van der Waals surface area contributed by atoms with Gasteiger partial charge in [-0.05, 0) is 63.7 Å². The Balaban J connectivity index is 1.47. The highest BCUT2D eigenvalue weighted by atomic mass is 15.3. The molecule has 1 fully saturated rings. The summed E-state index contributed by atoms with van der Waals surface area (Å²) in [5.41, 5.74) is 2.91. The molecule has 142 valence electrons. The summed E-state index contributed by atoms with van der Waals surface area (Å²) in [4.78, 5) is 9.58. The average molecular weight is 356 g/mol. The van der Waals surface area contributed by atoms with E-state index in [4.69, 9.17) is 0 Å². The fraction of sp³-hybridized carbons (Fsp3) is 0.619. The molecule has 0 N–H and O–H groups in total. The van der Waals surface area contributed by atoms with Gasteiger partial charge in [0.15, 0.2) is 0 Å². The standard InChI is InChI=1S/C21H33N5/c1-17-8-5-6-10-20(17)11-13-26-12-7-9-19(15-26)14-24(3)16-21-22-18(2)23-25(21)4/h5-6,8,10,19H,7,9,11-16H2,1-4H3. The Kier molecular flexibility index (Phi) is 6.43. The lowest BCUT2D eigenvalue weighted by molar-refractivity contribution is 0.141. The van der Waals surface area contributed by atoms with Crippen LogP contribution in [0.1, 0.15) is 35.6 Å². The lowest BCUT2D eigenvalue weighted by Crippen LogP contribution is -2.41. The van der Waals surface area contributed by atoms with Crippen molar-refractivity contribution in [2.24, 2.45) is 13.0 Å². The SMILES string of the molecule is Cc1nc(CN(C)CC2CCCN(CCc3ccccc3C)C2)n(C)n1. The normalized spacial score (nSPS) is 18.6. The van der Waals surface area contributed by atoms with Crippen molar-refractivity contribution in [1.82, 2.24) is 24.6 Å². The molecule has 0 bridgehead atoms. The van der Waals surface area contributed by atoms with E-state index in [-0.39, 0.29) is 0 Å². The number of nitrogens with zero attached hydrogens (tertiary/aromatic N) is 5. The van der Waals surface area contributed by atoms with E-state index in [1.165, 1.54) is 43.6 Å². The smallest absolute Gasteiger partial charge is 0.147 e. The van der Waals surface area contributed by atoms with E-state index in [0.29, 0.717) is 0 Å². The van der Waals surface area contributed by atoms with Crippen molar-refractivity contribution in [2.75, 3.05) is 33.2 Å². The number of aromatic nitrogens is 3. The third-order valence-electron chi connectivity index (χ3n) is 5.50.